The van der Waals surface area contributed by atoms with Gasteiger partial charge in [-0.05, 0) is 67.3 Å². The van der Waals surface area contributed by atoms with Gasteiger partial charge in [0.2, 0.25) is 11.8 Å². The van der Waals surface area contributed by atoms with Gasteiger partial charge in [0.25, 0.3) is 0 Å². The molecule has 0 aromatic heterocycles. The molecular weight excluding hydrogens is 498 g/mol. The Balaban J connectivity index is 0.00000400. The van der Waals surface area contributed by atoms with Crippen LogP contribution in [-0.2, 0) is 16.1 Å². The Labute approximate surface area is 232 Å². The lowest BCUT2D eigenvalue weighted by Crippen LogP contribution is -2.53. The van der Waals surface area contributed by atoms with Crippen LogP contribution in [0.1, 0.15) is 50.2 Å². The van der Waals surface area contributed by atoms with E-state index in [0.29, 0.717) is 6.54 Å². The van der Waals surface area contributed by atoms with Crippen molar-refractivity contribution in [3.63, 3.8) is 0 Å². The maximum atomic E-state index is 13.6. The quantitative estimate of drug-likeness (QED) is 0.345. The first-order valence-electron chi connectivity index (χ1n) is 13.0. The SMILES string of the molecule is COc1ccc(-c2ccc(N(C)C(C)=O)cc2)cc1CNC(=O)C1(Nc2ccc(C)cc2)CCCCC1.Cl. The van der Waals surface area contributed by atoms with Crippen molar-refractivity contribution >= 4 is 35.6 Å². The Hall–Kier alpha value is -3.51. The second-order valence-electron chi connectivity index (χ2n) is 9.97. The minimum absolute atomic E-state index is 0. The molecule has 1 aliphatic carbocycles. The average Bonchev–Trinajstić information content (AvgIpc) is 2.93. The largest absolute Gasteiger partial charge is 0.496 e. The van der Waals surface area contributed by atoms with Gasteiger partial charge in [-0.25, -0.2) is 0 Å². The van der Waals surface area contributed by atoms with E-state index < -0.39 is 5.54 Å². The summed E-state index contributed by atoms with van der Waals surface area (Å²) in [6.45, 7) is 3.98. The van der Waals surface area contributed by atoms with Crippen molar-refractivity contribution in [2.45, 2.75) is 58.0 Å². The van der Waals surface area contributed by atoms with Crippen LogP contribution in [0, 0.1) is 6.92 Å². The molecule has 0 spiro atoms. The third-order valence-electron chi connectivity index (χ3n) is 7.36. The van der Waals surface area contributed by atoms with E-state index in [9.17, 15) is 9.59 Å². The fourth-order valence-electron chi connectivity index (χ4n) is 4.98. The van der Waals surface area contributed by atoms with Crippen molar-refractivity contribution in [2.75, 3.05) is 24.4 Å². The highest BCUT2D eigenvalue weighted by Crippen LogP contribution is 2.33. The number of hydrogen-bond acceptors (Lipinski definition) is 4. The van der Waals surface area contributed by atoms with Crippen LogP contribution < -0.4 is 20.3 Å². The highest BCUT2D eigenvalue weighted by molar-refractivity contribution is 5.91. The topological polar surface area (TPSA) is 70.7 Å². The fraction of sp³-hybridized carbons (Fsp3) is 0.355. The lowest BCUT2D eigenvalue weighted by atomic mass is 9.80. The maximum absolute atomic E-state index is 13.6. The Morgan fingerprint density at radius 1 is 0.921 bits per heavy atom. The molecule has 1 saturated carbocycles. The number of halogens is 1. The van der Waals surface area contributed by atoms with Crippen molar-refractivity contribution in [1.82, 2.24) is 5.32 Å². The molecule has 3 aromatic carbocycles. The number of methoxy groups -OCH3 is 1. The Morgan fingerprint density at radius 2 is 1.55 bits per heavy atom. The number of hydrogen-bond donors (Lipinski definition) is 2. The molecular formula is C31H38ClN3O3. The first kappa shape index (κ1) is 29.1. The zero-order valence-electron chi connectivity index (χ0n) is 22.7. The van der Waals surface area contributed by atoms with E-state index in [2.05, 4.69) is 35.8 Å². The number of nitrogens with one attached hydrogen (secondary N) is 2. The zero-order chi connectivity index (χ0) is 26.4. The van der Waals surface area contributed by atoms with Crippen molar-refractivity contribution in [3.05, 3.63) is 77.9 Å². The molecule has 1 aliphatic rings. The van der Waals surface area contributed by atoms with E-state index in [1.165, 1.54) is 5.56 Å². The van der Waals surface area contributed by atoms with Gasteiger partial charge in [-0.2, -0.15) is 0 Å². The third-order valence-corrected chi connectivity index (χ3v) is 7.36. The van der Waals surface area contributed by atoms with Crippen molar-refractivity contribution < 1.29 is 14.3 Å². The summed E-state index contributed by atoms with van der Waals surface area (Å²) in [4.78, 5) is 26.9. The molecule has 6 nitrogen and oxygen atoms in total. The van der Waals surface area contributed by atoms with Crippen LogP contribution >= 0.6 is 12.4 Å². The van der Waals surface area contributed by atoms with Crippen LogP contribution in [0.3, 0.4) is 0 Å². The smallest absolute Gasteiger partial charge is 0.245 e. The molecule has 0 radical (unpaired) electrons. The normalized spacial score (nSPS) is 14.1. The molecule has 0 aliphatic heterocycles. The van der Waals surface area contributed by atoms with Crippen LogP contribution in [0.25, 0.3) is 11.1 Å². The third kappa shape index (κ3) is 6.67. The predicted octanol–water partition coefficient (Wildman–Crippen LogP) is 6.51. The molecule has 4 rings (SSSR count). The minimum atomic E-state index is -0.614. The molecule has 38 heavy (non-hydrogen) atoms. The van der Waals surface area contributed by atoms with Gasteiger partial charge in [0.15, 0.2) is 0 Å². The van der Waals surface area contributed by atoms with Gasteiger partial charge in [0.1, 0.15) is 11.3 Å². The number of aryl methyl sites for hydroxylation is 1. The van der Waals surface area contributed by atoms with Gasteiger partial charge in [0.05, 0.1) is 7.11 Å². The number of carbonyl (C=O) groups excluding carboxylic acids is 2. The number of nitrogens with zero attached hydrogens (tertiary/aromatic N) is 1. The van der Waals surface area contributed by atoms with Gasteiger partial charge in [-0.1, -0.05) is 55.2 Å². The van der Waals surface area contributed by atoms with E-state index >= 15 is 0 Å². The molecule has 0 heterocycles. The molecule has 0 unspecified atom stereocenters. The number of amides is 2. The Morgan fingerprint density at radius 3 is 2.16 bits per heavy atom. The van der Waals surface area contributed by atoms with Crippen LogP contribution in [0.15, 0.2) is 66.7 Å². The van der Waals surface area contributed by atoms with Crippen molar-refractivity contribution in [1.29, 1.82) is 0 Å². The number of benzene rings is 3. The van der Waals surface area contributed by atoms with Gasteiger partial charge >= 0.3 is 0 Å². The highest BCUT2D eigenvalue weighted by atomic mass is 35.5. The maximum Gasteiger partial charge on any atom is 0.245 e. The summed E-state index contributed by atoms with van der Waals surface area (Å²) in [5.41, 5.74) is 5.36. The summed E-state index contributed by atoms with van der Waals surface area (Å²) in [6, 6.07) is 22.1. The molecule has 0 atom stereocenters. The second kappa shape index (κ2) is 12.8. The lowest BCUT2D eigenvalue weighted by Gasteiger charge is -2.37. The number of ether oxygens (including phenoxy) is 1. The van der Waals surface area contributed by atoms with Gasteiger partial charge in [-0.3, -0.25) is 9.59 Å². The van der Waals surface area contributed by atoms with E-state index in [4.69, 9.17) is 4.74 Å². The number of anilines is 2. The van der Waals surface area contributed by atoms with E-state index in [1.807, 2.05) is 48.5 Å². The highest BCUT2D eigenvalue weighted by Gasteiger charge is 2.39. The molecule has 202 valence electrons. The van der Waals surface area contributed by atoms with E-state index in [0.717, 1.165) is 65.9 Å². The lowest BCUT2D eigenvalue weighted by molar-refractivity contribution is -0.126. The van der Waals surface area contributed by atoms with E-state index in [-0.39, 0.29) is 24.2 Å². The first-order valence-corrected chi connectivity index (χ1v) is 13.0. The summed E-state index contributed by atoms with van der Waals surface area (Å²) < 4.78 is 5.61. The van der Waals surface area contributed by atoms with Crippen LogP contribution in [0.4, 0.5) is 11.4 Å². The average molecular weight is 536 g/mol. The first-order chi connectivity index (χ1) is 17.8. The van der Waals surface area contributed by atoms with Crippen LogP contribution in [0.2, 0.25) is 0 Å². The second-order valence-corrected chi connectivity index (χ2v) is 9.97. The summed E-state index contributed by atoms with van der Waals surface area (Å²) >= 11 is 0. The monoisotopic (exact) mass is 535 g/mol. The summed E-state index contributed by atoms with van der Waals surface area (Å²) in [5.74, 6) is 0.751. The summed E-state index contributed by atoms with van der Waals surface area (Å²) in [6.07, 6.45) is 4.83. The van der Waals surface area contributed by atoms with Gasteiger partial charge < -0.3 is 20.3 Å². The standard InChI is InChI=1S/C31H37N3O3.ClH/c1-22-8-13-27(14-9-22)33-31(18-6-5-7-19-31)30(36)32-21-26-20-25(12-17-29(26)37-4)24-10-15-28(16-11-24)34(3)23(2)35;/h8-17,20,33H,5-7,18-19,21H2,1-4H3,(H,32,36);1H. The molecule has 0 saturated heterocycles. The number of carbonyl (C=O) groups is 2. The Bertz CT molecular complexity index is 1240. The molecule has 0 bridgehead atoms. The minimum Gasteiger partial charge on any atom is -0.496 e. The Kier molecular flexibility index (Phi) is 9.81. The molecule has 2 N–H and O–H groups in total. The molecule has 1 fully saturated rings. The molecule has 3 aromatic rings. The van der Waals surface area contributed by atoms with Crippen LogP contribution in [-0.4, -0.2) is 31.5 Å². The van der Waals surface area contributed by atoms with Crippen molar-refractivity contribution in [2.24, 2.45) is 0 Å². The van der Waals surface area contributed by atoms with Crippen LogP contribution in [0.5, 0.6) is 5.75 Å². The summed E-state index contributed by atoms with van der Waals surface area (Å²) in [7, 11) is 3.41. The fourth-order valence-corrected chi connectivity index (χ4v) is 4.98. The zero-order valence-corrected chi connectivity index (χ0v) is 23.5. The number of rotatable bonds is 8. The molecule has 7 heteroatoms. The molecule has 2 amide bonds. The summed E-state index contributed by atoms with van der Waals surface area (Å²) in [5, 5.41) is 6.78. The van der Waals surface area contributed by atoms with Gasteiger partial charge in [0, 0.05) is 37.5 Å². The predicted molar refractivity (Wildman–Crippen MR) is 157 cm³/mol. The van der Waals surface area contributed by atoms with E-state index in [1.54, 1.807) is 26.0 Å². The van der Waals surface area contributed by atoms with Crippen molar-refractivity contribution in [3.8, 4) is 16.9 Å². The van der Waals surface area contributed by atoms with Gasteiger partial charge in [-0.15, -0.1) is 12.4 Å².